The molecule has 1 rings (SSSR count). The molecule has 0 radical (unpaired) electrons. The van der Waals surface area contributed by atoms with Gasteiger partial charge in [0.25, 0.3) is 0 Å². The molecule has 98 valence electrons. The molecule has 0 bridgehead atoms. The summed E-state index contributed by atoms with van der Waals surface area (Å²) in [5.41, 5.74) is 0.816. The molecule has 1 aromatic rings. The van der Waals surface area contributed by atoms with Gasteiger partial charge < -0.3 is 10.6 Å². The number of nitrogens with one attached hydrogen (secondary N) is 3. The van der Waals surface area contributed by atoms with Gasteiger partial charge in [0.05, 0.1) is 0 Å². The van der Waals surface area contributed by atoms with E-state index in [0.717, 1.165) is 10.2 Å². The van der Waals surface area contributed by atoms with Crippen LogP contribution in [-0.4, -0.2) is 24.5 Å². The maximum Gasteiger partial charge on any atom is 0.321 e. The van der Waals surface area contributed by atoms with Gasteiger partial charge in [-0.05, 0) is 38.1 Å². The highest BCUT2D eigenvalue weighted by molar-refractivity contribution is 9.10. The molecule has 1 atom stereocenters. The van der Waals surface area contributed by atoms with Gasteiger partial charge in [-0.15, -0.1) is 0 Å². The molecule has 0 aliphatic rings. The molecule has 0 spiro atoms. The first kappa shape index (κ1) is 14.5. The lowest BCUT2D eigenvalue weighted by Gasteiger charge is -2.14. The highest BCUT2D eigenvalue weighted by atomic mass is 79.9. The normalized spacial score (nSPS) is 11.5. The number of hydrogen-bond acceptors (Lipinski definition) is 3. The minimum absolute atomic E-state index is 0.371. The molecule has 6 heteroatoms. The van der Waals surface area contributed by atoms with Crippen molar-refractivity contribution in [3.8, 4) is 0 Å². The van der Waals surface area contributed by atoms with E-state index in [1.54, 1.807) is 13.8 Å². The molecule has 3 amide bonds. The summed E-state index contributed by atoms with van der Waals surface area (Å²) in [5.74, 6) is -0.371. The molecule has 5 nitrogen and oxygen atoms in total. The Balaban J connectivity index is 2.49. The number of carbonyl (C=O) groups is 2. The second kappa shape index (κ2) is 7.00. The molecule has 0 fully saturated rings. The number of amides is 3. The van der Waals surface area contributed by atoms with Crippen molar-refractivity contribution in [2.75, 3.05) is 11.9 Å². The van der Waals surface area contributed by atoms with Crippen LogP contribution in [0.25, 0.3) is 0 Å². The van der Waals surface area contributed by atoms with Gasteiger partial charge in [-0.2, -0.15) is 0 Å². The summed E-state index contributed by atoms with van der Waals surface area (Å²) in [4.78, 5) is 22.8. The molecule has 0 saturated heterocycles. The van der Waals surface area contributed by atoms with Crippen molar-refractivity contribution in [1.82, 2.24) is 10.6 Å². The molecule has 1 unspecified atom stereocenters. The molecular weight excluding hydrogens is 298 g/mol. The summed E-state index contributed by atoms with van der Waals surface area (Å²) in [5, 5.41) is 7.75. The summed E-state index contributed by atoms with van der Waals surface area (Å²) in [6, 6.07) is 6.47. The molecule has 18 heavy (non-hydrogen) atoms. The van der Waals surface area contributed by atoms with Gasteiger partial charge in [0.2, 0.25) is 5.91 Å². The molecular formula is C12H16BrN3O2. The Morgan fingerprint density at radius 3 is 2.44 bits per heavy atom. The number of anilines is 1. The highest BCUT2D eigenvalue weighted by Gasteiger charge is 2.14. The quantitative estimate of drug-likeness (QED) is 0.797. The van der Waals surface area contributed by atoms with Crippen LogP contribution in [-0.2, 0) is 4.79 Å². The average molecular weight is 314 g/mol. The van der Waals surface area contributed by atoms with Crippen molar-refractivity contribution in [3.05, 3.63) is 28.7 Å². The van der Waals surface area contributed by atoms with Crippen LogP contribution in [0.3, 0.4) is 0 Å². The Morgan fingerprint density at radius 1 is 1.28 bits per heavy atom. The van der Waals surface area contributed by atoms with Gasteiger partial charge in [-0.3, -0.25) is 10.1 Å². The predicted molar refractivity (Wildman–Crippen MR) is 74.4 cm³/mol. The number of hydrogen-bond donors (Lipinski definition) is 3. The van der Waals surface area contributed by atoms with E-state index < -0.39 is 12.1 Å². The maximum atomic E-state index is 11.7. The third-order valence-electron chi connectivity index (χ3n) is 2.19. The van der Waals surface area contributed by atoms with Crippen LogP contribution >= 0.6 is 15.9 Å². The van der Waals surface area contributed by atoms with Gasteiger partial charge in [-0.25, -0.2) is 4.79 Å². The second-order valence-corrected chi connectivity index (χ2v) is 4.64. The fraction of sp³-hybridized carbons (Fsp3) is 0.333. The zero-order valence-corrected chi connectivity index (χ0v) is 11.9. The van der Waals surface area contributed by atoms with Crippen LogP contribution in [0.1, 0.15) is 13.8 Å². The van der Waals surface area contributed by atoms with Gasteiger partial charge in [0.15, 0.2) is 0 Å². The van der Waals surface area contributed by atoms with Gasteiger partial charge >= 0.3 is 6.03 Å². The van der Waals surface area contributed by atoms with Crippen LogP contribution in [0.15, 0.2) is 28.7 Å². The summed E-state index contributed by atoms with van der Waals surface area (Å²) in [7, 11) is 0. The fourth-order valence-electron chi connectivity index (χ4n) is 1.29. The SMILES string of the molecule is CCNC(=O)NC(=O)C(C)Nc1ccc(Br)cc1. The number of benzene rings is 1. The third kappa shape index (κ3) is 4.75. The van der Waals surface area contributed by atoms with E-state index in [-0.39, 0.29) is 5.91 Å². The van der Waals surface area contributed by atoms with E-state index in [2.05, 4.69) is 31.9 Å². The van der Waals surface area contributed by atoms with E-state index >= 15 is 0 Å². The maximum absolute atomic E-state index is 11.7. The number of imide groups is 1. The standard InChI is InChI=1S/C12H16BrN3O2/c1-3-14-12(18)16-11(17)8(2)15-10-6-4-9(13)5-7-10/h4-8,15H,3H2,1-2H3,(H2,14,16,17,18). The summed E-state index contributed by atoms with van der Waals surface area (Å²) >= 11 is 3.33. The lowest BCUT2D eigenvalue weighted by atomic mass is 10.2. The van der Waals surface area contributed by atoms with Crippen LogP contribution in [0, 0.1) is 0 Å². The molecule has 0 saturated carbocycles. The highest BCUT2D eigenvalue weighted by Crippen LogP contribution is 2.14. The van der Waals surface area contributed by atoms with Crippen molar-refractivity contribution in [2.24, 2.45) is 0 Å². The largest absolute Gasteiger partial charge is 0.374 e. The monoisotopic (exact) mass is 313 g/mol. The Morgan fingerprint density at radius 2 is 1.89 bits per heavy atom. The topological polar surface area (TPSA) is 70.2 Å². The van der Waals surface area contributed by atoms with E-state index in [1.807, 2.05) is 24.3 Å². The van der Waals surface area contributed by atoms with Crippen LogP contribution in [0.2, 0.25) is 0 Å². The van der Waals surface area contributed by atoms with E-state index in [9.17, 15) is 9.59 Å². The van der Waals surface area contributed by atoms with Crippen molar-refractivity contribution in [2.45, 2.75) is 19.9 Å². The van der Waals surface area contributed by atoms with Crippen LogP contribution in [0.5, 0.6) is 0 Å². The van der Waals surface area contributed by atoms with E-state index in [1.165, 1.54) is 0 Å². The third-order valence-corrected chi connectivity index (χ3v) is 2.72. The predicted octanol–water partition coefficient (Wildman–Crippen LogP) is 2.10. The molecule has 3 N–H and O–H groups in total. The number of carbonyl (C=O) groups excluding carboxylic acids is 2. The molecule has 0 aromatic heterocycles. The average Bonchev–Trinajstić information content (AvgIpc) is 2.32. The number of urea groups is 1. The first-order valence-corrected chi connectivity index (χ1v) is 6.43. The summed E-state index contributed by atoms with van der Waals surface area (Å²) < 4.78 is 0.965. The van der Waals surface area contributed by atoms with Crippen molar-refractivity contribution in [3.63, 3.8) is 0 Å². The summed E-state index contributed by atoms with van der Waals surface area (Å²) in [6.45, 7) is 3.96. The Bertz CT molecular complexity index is 420. The first-order valence-electron chi connectivity index (χ1n) is 5.63. The molecule has 0 aliphatic carbocycles. The van der Waals surface area contributed by atoms with E-state index in [0.29, 0.717) is 6.54 Å². The van der Waals surface area contributed by atoms with E-state index in [4.69, 9.17) is 0 Å². The Labute approximate surface area is 114 Å². The zero-order valence-electron chi connectivity index (χ0n) is 10.3. The Kier molecular flexibility index (Phi) is 5.64. The molecule has 0 aliphatic heterocycles. The summed E-state index contributed by atoms with van der Waals surface area (Å²) in [6.07, 6.45) is 0. The minimum atomic E-state index is -0.492. The zero-order chi connectivity index (χ0) is 13.5. The fourth-order valence-corrected chi connectivity index (χ4v) is 1.55. The lowest BCUT2D eigenvalue weighted by molar-refractivity contribution is -0.120. The van der Waals surface area contributed by atoms with Gasteiger partial charge in [-0.1, -0.05) is 15.9 Å². The molecule has 1 aromatic carbocycles. The van der Waals surface area contributed by atoms with Crippen molar-refractivity contribution < 1.29 is 9.59 Å². The van der Waals surface area contributed by atoms with Gasteiger partial charge in [0, 0.05) is 16.7 Å². The van der Waals surface area contributed by atoms with Crippen molar-refractivity contribution in [1.29, 1.82) is 0 Å². The van der Waals surface area contributed by atoms with Crippen molar-refractivity contribution >= 4 is 33.6 Å². The number of halogens is 1. The second-order valence-electron chi connectivity index (χ2n) is 3.72. The first-order chi connectivity index (χ1) is 8.52. The molecule has 0 heterocycles. The lowest BCUT2D eigenvalue weighted by Crippen LogP contribution is -2.45. The number of rotatable bonds is 4. The van der Waals surface area contributed by atoms with Crippen LogP contribution < -0.4 is 16.0 Å². The van der Waals surface area contributed by atoms with Crippen LogP contribution in [0.4, 0.5) is 10.5 Å². The minimum Gasteiger partial charge on any atom is -0.374 e. The van der Waals surface area contributed by atoms with Gasteiger partial charge in [0.1, 0.15) is 6.04 Å². The smallest absolute Gasteiger partial charge is 0.321 e. The Hall–Kier alpha value is -1.56.